The van der Waals surface area contributed by atoms with Crippen LogP contribution in [0.3, 0.4) is 0 Å². The predicted octanol–water partition coefficient (Wildman–Crippen LogP) is 0.843. The molecule has 116 valence electrons. The van der Waals surface area contributed by atoms with Gasteiger partial charge in [-0.25, -0.2) is 13.1 Å². The maximum absolute atomic E-state index is 12.0. The number of benzene rings is 1. The Hall–Kier alpha value is -2.09. The predicted molar refractivity (Wildman–Crippen MR) is 79.5 cm³/mol. The standard InChI is InChI=1S/C13H19N3O4S/c1-10-5-7-11(8-6-10)21(19,20)16-13(14)15-9-3-2-4-12(17)18/h5-8H,2-4,9H2,1H3,(H,17,18)(H3,14,15,16). The maximum Gasteiger partial charge on any atom is 0.303 e. The normalized spacial score (nSPS) is 12.1. The lowest BCUT2D eigenvalue weighted by Crippen LogP contribution is -2.36. The quantitative estimate of drug-likeness (QED) is 0.391. The topological polar surface area (TPSA) is 122 Å². The Morgan fingerprint density at radius 3 is 2.48 bits per heavy atom. The molecule has 0 aliphatic rings. The van der Waals surface area contributed by atoms with E-state index in [0.29, 0.717) is 12.8 Å². The Balaban J connectivity index is 2.54. The zero-order valence-corrected chi connectivity index (χ0v) is 12.6. The minimum absolute atomic E-state index is 0.0600. The highest BCUT2D eigenvalue weighted by Gasteiger charge is 2.14. The van der Waals surface area contributed by atoms with Crippen molar-refractivity contribution in [3.63, 3.8) is 0 Å². The van der Waals surface area contributed by atoms with E-state index in [1.54, 1.807) is 12.1 Å². The van der Waals surface area contributed by atoms with Crippen LogP contribution in [0.15, 0.2) is 34.2 Å². The van der Waals surface area contributed by atoms with Crippen LogP contribution in [-0.2, 0) is 14.8 Å². The minimum atomic E-state index is -3.73. The lowest BCUT2D eigenvalue weighted by molar-refractivity contribution is -0.137. The summed E-state index contributed by atoms with van der Waals surface area (Å²) >= 11 is 0. The largest absolute Gasteiger partial charge is 0.481 e. The Kier molecular flexibility index (Phi) is 6.16. The van der Waals surface area contributed by atoms with Crippen LogP contribution in [0.2, 0.25) is 0 Å². The first kappa shape index (κ1) is 17.0. The van der Waals surface area contributed by atoms with E-state index >= 15 is 0 Å². The molecule has 1 rings (SSSR count). The number of nitrogens with two attached hydrogens (primary N) is 1. The minimum Gasteiger partial charge on any atom is -0.481 e. The number of hydrogen-bond donors (Lipinski definition) is 3. The van der Waals surface area contributed by atoms with E-state index in [2.05, 4.69) is 9.71 Å². The molecule has 0 aliphatic carbocycles. The average Bonchev–Trinajstić information content (AvgIpc) is 2.37. The van der Waals surface area contributed by atoms with Gasteiger partial charge < -0.3 is 10.8 Å². The van der Waals surface area contributed by atoms with Gasteiger partial charge in [-0.1, -0.05) is 17.7 Å². The van der Waals surface area contributed by atoms with Crippen molar-refractivity contribution in [1.29, 1.82) is 0 Å². The highest BCUT2D eigenvalue weighted by Crippen LogP contribution is 2.09. The summed E-state index contributed by atoms with van der Waals surface area (Å²) in [7, 11) is -3.73. The summed E-state index contributed by atoms with van der Waals surface area (Å²) < 4.78 is 26.1. The highest BCUT2D eigenvalue weighted by molar-refractivity contribution is 7.90. The van der Waals surface area contributed by atoms with E-state index in [-0.39, 0.29) is 23.8 Å². The van der Waals surface area contributed by atoms with Crippen molar-refractivity contribution in [1.82, 2.24) is 4.72 Å². The summed E-state index contributed by atoms with van der Waals surface area (Å²) in [6.07, 6.45) is 1.06. The number of nitrogens with one attached hydrogen (secondary N) is 1. The lowest BCUT2D eigenvalue weighted by Gasteiger charge is -2.07. The number of unbranched alkanes of at least 4 members (excludes halogenated alkanes) is 1. The van der Waals surface area contributed by atoms with Gasteiger partial charge in [0.1, 0.15) is 0 Å². The number of carbonyl (C=O) groups is 1. The van der Waals surface area contributed by atoms with E-state index in [9.17, 15) is 13.2 Å². The van der Waals surface area contributed by atoms with Crippen LogP contribution in [0.1, 0.15) is 24.8 Å². The highest BCUT2D eigenvalue weighted by atomic mass is 32.2. The van der Waals surface area contributed by atoms with Crippen molar-refractivity contribution in [2.24, 2.45) is 10.7 Å². The first-order valence-corrected chi connectivity index (χ1v) is 7.91. The maximum atomic E-state index is 12.0. The van der Waals surface area contributed by atoms with Crippen LogP contribution in [0.5, 0.6) is 0 Å². The van der Waals surface area contributed by atoms with Gasteiger partial charge in [-0.2, -0.15) is 0 Å². The number of nitrogens with zero attached hydrogens (tertiary/aromatic N) is 1. The van der Waals surface area contributed by atoms with Crippen LogP contribution in [-0.4, -0.2) is 32.0 Å². The first-order valence-electron chi connectivity index (χ1n) is 6.42. The number of carboxylic acid groups (broad SMARTS) is 1. The van der Waals surface area contributed by atoms with E-state index in [1.165, 1.54) is 12.1 Å². The average molecular weight is 313 g/mol. The smallest absolute Gasteiger partial charge is 0.303 e. The van der Waals surface area contributed by atoms with Gasteiger partial charge in [0.05, 0.1) is 4.90 Å². The monoisotopic (exact) mass is 313 g/mol. The number of guanidine groups is 1. The van der Waals surface area contributed by atoms with Crippen LogP contribution < -0.4 is 10.5 Å². The van der Waals surface area contributed by atoms with E-state index in [0.717, 1.165) is 5.56 Å². The molecule has 0 radical (unpaired) electrons. The fraction of sp³-hybridized carbons (Fsp3) is 0.385. The van der Waals surface area contributed by atoms with Crippen LogP contribution >= 0.6 is 0 Å². The van der Waals surface area contributed by atoms with Crippen LogP contribution in [0.25, 0.3) is 0 Å². The molecule has 0 amide bonds. The summed E-state index contributed by atoms with van der Waals surface area (Å²) in [6.45, 7) is 2.13. The third-order valence-corrected chi connectivity index (χ3v) is 4.02. The number of rotatable bonds is 7. The summed E-state index contributed by atoms with van der Waals surface area (Å²) in [5.74, 6) is -1.07. The second-order valence-corrected chi connectivity index (χ2v) is 6.22. The molecule has 1 aromatic carbocycles. The molecule has 0 saturated heterocycles. The fourth-order valence-corrected chi connectivity index (χ4v) is 2.49. The molecule has 0 heterocycles. The third-order valence-electron chi connectivity index (χ3n) is 2.65. The Morgan fingerprint density at radius 2 is 1.90 bits per heavy atom. The third kappa shape index (κ3) is 6.26. The molecule has 0 atom stereocenters. The second-order valence-electron chi connectivity index (χ2n) is 4.54. The van der Waals surface area contributed by atoms with Crippen molar-refractivity contribution in [2.45, 2.75) is 31.1 Å². The van der Waals surface area contributed by atoms with Gasteiger partial charge in [0, 0.05) is 13.0 Å². The molecule has 8 heteroatoms. The Labute approximate surface area is 123 Å². The second kappa shape index (κ2) is 7.63. The zero-order chi connectivity index (χ0) is 15.9. The molecule has 21 heavy (non-hydrogen) atoms. The van der Waals surface area contributed by atoms with Crippen molar-refractivity contribution in [2.75, 3.05) is 6.54 Å². The Bertz CT molecular complexity index is 609. The summed E-state index contributed by atoms with van der Waals surface area (Å²) in [5.41, 5.74) is 6.47. The molecule has 0 unspecified atom stereocenters. The van der Waals surface area contributed by atoms with Gasteiger partial charge in [-0.05, 0) is 31.9 Å². The Morgan fingerprint density at radius 1 is 1.29 bits per heavy atom. The van der Waals surface area contributed by atoms with Crippen molar-refractivity contribution >= 4 is 22.0 Å². The molecule has 1 aromatic rings. The molecule has 7 nitrogen and oxygen atoms in total. The molecule has 0 bridgehead atoms. The SMILES string of the molecule is Cc1ccc(S(=O)(=O)NC(N)=NCCCCC(=O)O)cc1. The van der Waals surface area contributed by atoms with E-state index in [1.807, 2.05) is 6.92 Å². The van der Waals surface area contributed by atoms with Crippen molar-refractivity contribution in [3.8, 4) is 0 Å². The molecule has 0 aromatic heterocycles. The van der Waals surface area contributed by atoms with Gasteiger partial charge >= 0.3 is 5.97 Å². The summed E-state index contributed by atoms with van der Waals surface area (Å²) in [4.78, 5) is 14.3. The number of aryl methyl sites for hydroxylation is 1. The number of sulfonamides is 1. The number of aliphatic imine (C=N–C) groups is 1. The molecular formula is C13H19N3O4S. The molecule has 0 fully saturated rings. The molecule has 0 saturated carbocycles. The number of aliphatic carboxylic acids is 1. The van der Waals surface area contributed by atoms with Crippen LogP contribution in [0, 0.1) is 6.92 Å². The number of hydrogen-bond acceptors (Lipinski definition) is 4. The number of carboxylic acids is 1. The zero-order valence-electron chi connectivity index (χ0n) is 11.7. The van der Waals surface area contributed by atoms with Gasteiger partial charge in [0.15, 0.2) is 0 Å². The lowest BCUT2D eigenvalue weighted by atomic mass is 10.2. The van der Waals surface area contributed by atoms with Gasteiger partial charge in [0.2, 0.25) is 5.96 Å². The molecular weight excluding hydrogens is 294 g/mol. The van der Waals surface area contributed by atoms with Gasteiger partial charge in [-0.15, -0.1) is 0 Å². The summed E-state index contributed by atoms with van der Waals surface area (Å²) in [5, 5.41) is 8.47. The molecule has 4 N–H and O–H groups in total. The van der Waals surface area contributed by atoms with Crippen LogP contribution in [0.4, 0.5) is 0 Å². The fourth-order valence-electron chi connectivity index (χ4n) is 1.53. The van der Waals surface area contributed by atoms with E-state index in [4.69, 9.17) is 10.8 Å². The van der Waals surface area contributed by atoms with Gasteiger partial charge in [-0.3, -0.25) is 9.79 Å². The van der Waals surface area contributed by atoms with Crippen molar-refractivity contribution in [3.05, 3.63) is 29.8 Å². The first-order chi connectivity index (χ1) is 9.81. The molecule has 0 spiro atoms. The summed E-state index contributed by atoms with van der Waals surface area (Å²) in [6, 6.07) is 6.34. The van der Waals surface area contributed by atoms with Gasteiger partial charge in [0.25, 0.3) is 10.0 Å². The van der Waals surface area contributed by atoms with E-state index < -0.39 is 16.0 Å². The van der Waals surface area contributed by atoms with Crippen molar-refractivity contribution < 1.29 is 18.3 Å². The molecule has 0 aliphatic heterocycles.